The second-order valence-electron chi connectivity index (χ2n) is 8.96. The van der Waals surface area contributed by atoms with Crippen LogP contribution >= 0.6 is 0 Å². The number of piperidine rings is 1. The molecule has 3 N–H and O–H groups in total. The molecule has 182 valence electrons. The topological polar surface area (TPSA) is 116 Å². The summed E-state index contributed by atoms with van der Waals surface area (Å²) in [5.41, 5.74) is 3.07. The van der Waals surface area contributed by atoms with E-state index in [1.54, 1.807) is 0 Å². The third-order valence-electron chi connectivity index (χ3n) is 6.75. The number of benzene rings is 2. The molecule has 0 aromatic heterocycles. The molecule has 8 heteroatoms. The van der Waals surface area contributed by atoms with Crippen LogP contribution in [0.1, 0.15) is 42.7 Å². The number of likely N-dealkylation sites (tertiary alicyclic amines) is 1. The number of hydrogen-bond acceptors (Lipinski definition) is 5. The number of aliphatic carboxylic acids is 1. The third kappa shape index (κ3) is 5.31. The van der Waals surface area contributed by atoms with E-state index in [-0.39, 0.29) is 51.3 Å². The number of ether oxygens (including phenoxy) is 1. The number of fused-ring (bicyclic) bond motifs is 3. The van der Waals surface area contributed by atoms with Crippen LogP contribution in [0.2, 0.25) is 0 Å². The summed E-state index contributed by atoms with van der Waals surface area (Å²) in [5.74, 6) is 0.725. The normalized spacial score (nSPS) is 17.0. The lowest BCUT2D eigenvalue weighted by Crippen LogP contribution is -2.53. The predicted molar refractivity (Wildman–Crippen MR) is 128 cm³/mol. The SMILES string of the molecule is C#CC1(O)CCN(C(=O)C(CCC(=O)O)NC(=O)OCC2c3ccccc3-c3ccccc32)CC1. The van der Waals surface area contributed by atoms with Gasteiger partial charge in [-0.15, -0.1) is 6.42 Å². The van der Waals surface area contributed by atoms with Crippen molar-refractivity contribution >= 4 is 18.0 Å². The first kappa shape index (κ1) is 24.3. The summed E-state index contributed by atoms with van der Waals surface area (Å²) in [6, 6.07) is 14.9. The number of carboxylic acid groups (broad SMARTS) is 1. The van der Waals surface area contributed by atoms with Crippen molar-refractivity contribution in [3.8, 4) is 23.5 Å². The standard InChI is InChI=1S/C27H28N2O6/c1-2-27(34)13-15-29(16-14-27)25(32)23(11-12-24(30)31)28-26(33)35-17-22-20-9-5-3-7-18(20)19-8-4-6-10-21(19)22/h1,3-10,22-23,34H,11-17H2,(H,28,33)(H,30,31). The van der Waals surface area contributed by atoms with Crippen molar-refractivity contribution in [2.75, 3.05) is 19.7 Å². The number of nitrogens with one attached hydrogen (secondary N) is 1. The second kappa shape index (κ2) is 10.2. The Bertz CT molecular complexity index is 1120. The highest BCUT2D eigenvalue weighted by Crippen LogP contribution is 2.44. The first-order chi connectivity index (χ1) is 16.8. The Hall–Kier alpha value is -3.83. The Morgan fingerprint density at radius 3 is 2.20 bits per heavy atom. The van der Waals surface area contributed by atoms with Gasteiger partial charge in [0.1, 0.15) is 18.2 Å². The number of terminal acetylenes is 1. The number of hydrogen-bond donors (Lipinski definition) is 3. The highest BCUT2D eigenvalue weighted by Gasteiger charge is 2.35. The summed E-state index contributed by atoms with van der Waals surface area (Å²) in [5, 5.41) is 21.9. The summed E-state index contributed by atoms with van der Waals surface area (Å²) >= 11 is 0. The molecule has 4 rings (SSSR count). The van der Waals surface area contributed by atoms with Gasteiger partial charge >= 0.3 is 12.1 Å². The number of aliphatic hydroxyl groups is 1. The van der Waals surface area contributed by atoms with Gasteiger partial charge in [-0.3, -0.25) is 9.59 Å². The second-order valence-corrected chi connectivity index (χ2v) is 8.96. The van der Waals surface area contributed by atoms with E-state index < -0.39 is 29.6 Å². The van der Waals surface area contributed by atoms with Crippen LogP contribution in [0.4, 0.5) is 4.79 Å². The zero-order chi connectivity index (χ0) is 25.0. The van der Waals surface area contributed by atoms with E-state index in [9.17, 15) is 19.5 Å². The van der Waals surface area contributed by atoms with Crippen LogP contribution in [-0.2, 0) is 14.3 Å². The monoisotopic (exact) mass is 476 g/mol. The summed E-state index contributed by atoms with van der Waals surface area (Å²) in [4.78, 5) is 38.4. The number of alkyl carbamates (subject to hydrolysis) is 1. The summed E-state index contributed by atoms with van der Waals surface area (Å²) < 4.78 is 5.53. The van der Waals surface area contributed by atoms with Gasteiger partial charge in [-0.05, 0) is 28.7 Å². The van der Waals surface area contributed by atoms with Gasteiger partial charge in [-0.2, -0.15) is 0 Å². The van der Waals surface area contributed by atoms with Gasteiger partial charge in [0.15, 0.2) is 0 Å². The number of amides is 2. The van der Waals surface area contributed by atoms with Crippen molar-refractivity contribution in [2.45, 2.75) is 43.2 Å². The van der Waals surface area contributed by atoms with Crippen molar-refractivity contribution in [3.63, 3.8) is 0 Å². The predicted octanol–water partition coefficient (Wildman–Crippen LogP) is 2.75. The molecular formula is C27H28N2O6. The zero-order valence-corrected chi connectivity index (χ0v) is 19.3. The molecule has 2 aliphatic rings. The lowest BCUT2D eigenvalue weighted by atomic mass is 9.92. The van der Waals surface area contributed by atoms with Gasteiger partial charge in [0.25, 0.3) is 0 Å². The number of carboxylic acids is 1. The molecular weight excluding hydrogens is 448 g/mol. The van der Waals surface area contributed by atoms with E-state index in [4.69, 9.17) is 16.3 Å². The maximum Gasteiger partial charge on any atom is 0.407 e. The Kier molecular flexibility index (Phi) is 7.08. The molecule has 0 saturated carbocycles. The molecule has 1 fully saturated rings. The lowest BCUT2D eigenvalue weighted by molar-refractivity contribution is -0.138. The van der Waals surface area contributed by atoms with E-state index >= 15 is 0 Å². The van der Waals surface area contributed by atoms with Gasteiger partial charge in [-0.1, -0.05) is 54.5 Å². The minimum absolute atomic E-state index is 0.0751. The molecule has 35 heavy (non-hydrogen) atoms. The van der Waals surface area contributed by atoms with Gasteiger partial charge in [0.05, 0.1) is 0 Å². The Morgan fingerprint density at radius 2 is 1.66 bits per heavy atom. The van der Waals surface area contributed by atoms with E-state index in [2.05, 4.69) is 11.2 Å². The highest BCUT2D eigenvalue weighted by atomic mass is 16.5. The molecule has 8 nitrogen and oxygen atoms in total. The quantitative estimate of drug-likeness (QED) is 0.529. The molecule has 1 saturated heterocycles. The summed E-state index contributed by atoms with van der Waals surface area (Å²) in [6.45, 7) is 0.517. The van der Waals surface area contributed by atoms with Crippen LogP contribution < -0.4 is 5.32 Å². The number of carbonyl (C=O) groups is 3. The Labute approximate surface area is 203 Å². The van der Waals surface area contributed by atoms with Crippen molar-refractivity contribution in [2.24, 2.45) is 0 Å². The molecule has 1 atom stereocenters. The molecule has 0 spiro atoms. The van der Waals surface area contributed by atoms with Gasteiger partial charge in [-0.25, -0.2) is 4.79 Å². The van der Waals surface area contributed by atoms with Crippen LogP contribution in [-0.4, -0.2) is 64.4 Å². The minimum Gasteiger partial charge on any atom is -0.481 e. The fourth-order valence-electron chi connectivity index (χ4n) is 4.77. The van der Waals surface area contributed by atoms with E-state index in [0.717, 1.165) is 22.3 Å². The largest absolute Gasteiger partial charge is 0.481 e. The smallest absolute Gasteiger partial charge is 0.407 e. The molecule has 0 radical (unpaired) electrons. The molecule has 1 aliphatic carbocycles. The van der Waals surface area contributed by atoms with E-state index in [1.807, 2.05) is 48.5 Å². The highest BCUT2D eigenvalue weighted by molar-refractivity contribution is 5.86. The van der Waals surface area contributed by atoms with Gasteiger partial charge < -0.3 is 25.2 Å². The summed E-state index contributed by atoms with van der Waals surface area (Å²) in [7, 11) is 0. The van der Waals surface area contributed by atoms with Crippen LogP contribution in [0, 0.1) is 12.3 Å². The maximum absolute atomic E-state index is 13.1. The molecule has 2 amide bonds. The Balaban J connectivity index is 1.41. The number of rotatable bonds is 7. The molecule has 1 heterocycles. The third-order valence-corrected chi connectivity index (χ3v) is 6.75. The Morgan fingerprint density at radius 1 is 1.09 bits per heavy atom. The average Bonchev–Trinajstić information content (AvgIpc) is 3.19. The molecule has 0 bridgehead atoms. The van der Waals surface area contributed by atoms with Crippen molar-refractivity contribution in [1.29, 1.82) is 0 Å². The fourth-order valence-corrected chi connectivity index (χ4v) is 4.77. The first-order valence-electron chi connectivity index (χ1n) is 11.6. The van der Waals surface area contributed by atoms with Crippen molar-refractivity contribution < 1.29 is 29.3 Å². The fraction of sp³-hybridized carbons (Fsp3) is 0.370. The molecule has 2 aromatic rings. The number of nitrogens with zero attached hydrogens (tertiary/aromatic N) is 1. The van der Waals surface area contributed by atoms with Crippen LogP contribution in [0.5, 0.6) is 0 Å². The van der Waals surface area contributed by atoms with Gasteiger partial charge in [0, 0.05) is 38.3 Å². The van der Waals surface area contributed by atoms with Crippen molar-refractivity contribution in [1.82, 2.24) is 10.2 Å². The lowest BCUT2D eigenvalue weighted by Gasteiger charge is -2.36. The van der Waals surface area contributed by atoms with Crippen LogP contribution in [0.15, 0.2) is 48.5 Å². The molecule has 1 unspecified atom stereocenters. The minimum atomic E-state index is -1.26. The molecule has 2 aromatic carbocycles. The first-order valence-corrected chi connectivity index (χ1v) is 11.6. The summed E-state index contributed by atoms with van der Waals surface area (Å²) in [6.07, 6.45) is 4.65. The number of carbonyl (C=O) groups excluding carboxylic acids is 2. The van der Waals surface area contributed by atoms with Crippen LogP contribution in [0.3, 0.4) is 0 Å². The average molecular weight is 477 g/mol. The maximum atomic E-state index is 13.1. The van der Waals surface area contributed by atoms with E-state index in [0.29, 0.717) is 0 Å². The van der Waals surface area contributed by atoms with Crippen molar-refractivity contribution in [3.05, 3.63) is 59.7 Å². The van der Waals surface area contributed by atoms with Crippen LogP contribution in [0.25, 0.3) is 11.1 Å². The van der Waals surface area contributed by atoms with E-state index in [1.165, 1.54) is 4.90 Å². The zero-order valence-electron chi connectivity index (χ0n) is 19.3. The molecule has 1 aliphatic heterocycles. The van der Waals surface area contributed by atoms with Gasteiger partial charge in [0.2, 0.25) is 5.91 Å².